The monoisotopic (exact) mass is 523 g/mol. The van der Waals surface area contributed by atoms with Gasteiger partial charge in [0, 0.05) is 4.47 Å². The largest absolute Gasteiger partial charge is 0.493 e. The zero-order valence-corrected chi connectivity index (χ0v) is 19.6. The zero-order valence-electron chi connectivity index (χ0n) is 16.8. The average molecular weight is 524 g/mol. The van der Waals surface area contributed by atoms with Crippen LogP contribution < -0.4 is 10.5 Å². The Hall–Kier alpha value is -1.38. The number of halogens is 4. The lowest BCUT2D eigenvalue weighted by Gasteiger charge is -2.26. The first-order valence-corrected chi connectivity index (χ1v) is 11.4. The molecule has 0 saturated carbocycles. The Morgan fingerprint density at radius 3 is 2.35 bits per heavy atom. The smallest absolute Gasteiger partial charge is 0.419 e. The number of aryl methyl sites for hydroxylation is 2. The molecule has 0 aromatic heterocycles. The molecule has 0 aliphatic rings. The van der Waals surface area contributed by atoms with Crippen LogP contribution in [0, 0.1) is 0 Å². The Bertz CT molecular complexity index is 852. The van der Waals surface area contributed by atoms with Gasteiger partial charge in [-0.25, -0.2) is 0 Å². The second kappa shape index (κ2) is 12.0. The molecule has 3 N–H and O–H groups in total. The predicted octanol–water partition coefficient (Wildman–Crippen LogP) is 4.79. The number of alkyl halides is 3. The van der Waals surface area contributed by atoms with Crippen LogP contribution in [0.2, 0.25) is 0 Å². The van der Waals surface area contributed by atoms with Gasteiger partial charge in [-0.1, -0.05) is 34.1 Å². The van der Waals surface area contributed by atoms with Crippen molar-refractivity contribution in [2.75, 3.05) is 19.8 Å². The highest BCUT2D eigenvalue weighted by Gasteiger charge is 2.35. The molecular formula is C21H26BrF3NO4P. The van der Waals surface area contributed by atoms with Gasteiger partial charge in [0.2, 0.25) is 0 Å². The predicted molar refractivity (Wildman–Crippen MR) is 118 cm³/mol. The van der Waals surface area contributed by atoms with Crippen molar-refractivity contribution in [3.8, 4) is 5.75 Å². The normalized spacial score (nSPS) is 14.1. The van der Waals surface area contributed by atoms with E-state index in [2.05, 4.69) is 15.9 Å². The van der Waals surface area contributed by atoms with Gasteiger partial charge in [0.1, 0.15) is 5.75 Å². The summed E-state index contributed by atoms with van der Waals surface area (Å²) in [5, 5.41) is 9.43. The van der Waals surface area contributed by atoms with Crippen molar-refractivity contribution in [2.24, 2.45) is 5.73 Å². The highest BCUT2D eigenvalue weighted by atomic mass is 79.9. The van der Waals surface area contributed by atoms with Crippen LogP contribution in [0.4, 0.5) is 13.2 Å². The van der Waals surface area contributed by atoms with Gasteiger partial charge in [-0.2, -0.15) is 13.2 Å². The first kappa shape index (κ1) is 25.9. The lowest BCUT2D eigenvalue weighted by molar-refractivity contribution is -0.139. The number of benzene rings is 2. The molecule has 0 heterocycles. The van der Waals surface area contributed by atoms with Gasteiger partial charge in [0.15, 0.2) is 8.69 Å². The zero-order chi connectivity index (χ0) is 22.9. The average Bonchev–Trinajstić information content (AvgIpc) is 2.75. The van der Waals surface area contributed by atoms with Crippen LogP contribution >= 0.6 is 24.6 Å². The van der Waals surface area contributed by atoms with E-state index in [0.717, 1.165) is 16.1 Å². The number of rotatable bonds is 12. The molecule has 2 aromatic rings. The Morgan fingerprint density at radius 1 is 1.06 bits per heavy atom. The summed E-state index contributed by atoms with van der Waals surface area (Å²) in [5.41, 5.74) is 5.44. The summed E-state index contributed by atoms with van der Waals surface area (Å²) in [5.74, 6) is -0.216. The Balaban J connectivity index is 2.00. The summed E-state index contributed by atoms with van der Waals surface area (Å²) in [7, 11) is -1.47. The first-order chi connectivity index (χ1) is 14.7. The standard InChI is InChI=1S/C21H26BrF3NO4P/c22-17-6-3-15(4-7-17)2-1-11-29-19-8-5-16(12-18(19)21(23,24)25)9-10-20(26,13-27)14-30-31-28/h3-8,12,27H,1-2,9-11,13-14,26,31H2. The van der Waals surface area contributed by atoms with Crippen molar-refractivity contribution in [2.45, 2.75) is 37.4 Å². The van der Waals surface area contributed by atoms with E-state index in [1.54, 1.807) is 6.07 Å². The van der Waals surface area contributed by atoms with Gasteiger partial charge in [0.25, 0.3) is 0 Å². The molecule has 0 aliphatic carbocycles. The summed E-state index contributed by atoms with van der Waals surface area (Å²) >= 11 is 3.36. The maximum Gasteiger partial charge on any atom is 0.419 e. The lowest BCUT2D eigenvalue weighted by Crippen LogP contribution is -2.47. The fourth-order valence-corrected chi connectivity index (χ4v) is 3.64. The molecule has 0 amide bonds. The molecule has 2 unspecified atom stereocenters. The second-order valence-electron chi connectivity index (χ2n) is 7.33. The minimum Gasteiger partial charge on any atom is -0.493 e. The third-order valence-electron chi connectivity index (χ3n) is 4.80. The van der Waals surface area contributed by atoms with E-state index in [0.29, 0.717) is 18.4 Å². The second-order valence-corrected chi connectivity index (χ2v) is 8.78. The van der Waals surface area contributed by atoms with E-state index in [1.807, 2.05) is 24.3 Å². The molecule has 0 bridgehead atoms. The Labute approximate surface area is 189 Å². The quantitative estimate of drug-likeness (QED) is 0.308. The fourth-order valence-electron chi connectivity index (χ4n) is 2.98. The van der Waals surface area contributed by atoms with Crippen LogP contribution in [-0.4, -0.2) is 30.5 Å². The molecule has 2 aromatic carbocycles. The van der Waals surface area contributed by atoms with Crippen molar-refractivity contribution >= 4 is 24.6 Å². The van der Waals surface area contributed by atoms with Gasteiger partial charge >= 0.3 is 6.18 Å². The van der Waals surface area contributed by atoms with E-state index in [4.69, 9.17) is 15.0 Å². The molecule has 0 radical (unpaired) electrons. The van der Waals surface area contributed by atoms with Gasteiger partial charge in [-0.3, -0.25) is 4.57 Å². The van der Waals surface area contributed by atoms with Crippen molar-refractivity contribution in [3.05, 3.63) is 63.6 Å². The van der Waals surface area contributed by atoms with Crippen LogP contribution in [0.15, 0.2) is 46.9 Å². The minimum absolute atomic E-state index is 0.131. The lowest BCUT2D eigenvalue weighted by atomic mass is 9.93. The van der Waals surface area contributed by atoms with Crippen LogP contribution in [0.3, 0.4) is 0 Å². The van der Waals surface area contributed by atoms with Crippen molar-refractivity contribution in [1.29, 1.82) is 0 Å². The van der Waals surface area contributed by atoms with Crippen molar-refractivity contribution in [3.63, 3.8) is 0 Å². The van der Waals surface area contributed by atoms with Crippen molar-refractivity contribution in [1.82, 2.24) is 0 Å². The molecule has 0 spiro atoms. The van der Waals surface area contributed by atoms with Gasteiger partial charge < -0.3 is 20.1 Å². The third kappa shape index (κ3) is 8.58. The van der Waals surface area contributed by atoms with Crippen LogP contribution in [0.5, 0.6) is 5.75 Å². The van der Waals surface area contributed by atoms with E-state index < -0.39 is 32.6 Å². The topological polar surface area (TPSA) is 81.8 Å². The van der Waals surface area contributed by atoms with E-state index in [1.165, 1.54) is 6.07 Å². The molecule has 31 heavy (non-hydrogen) atoms. The minimum atomic E-state index is -4.57. The molecule has 0 aliphatic heterocycles. The number of ether oxygens (including phenoxy) is 1. The number of hydrogen-bond acceptors (Lipinski definition) is 5. The molecular weight excluding hydrogens is 498 g/mol. The Kier molecular flexibility index (Phi) is 10.0. The highest BCUT2D eigenvalue weighted by Crippen LogP contribution is 2.37. The summed E-state index contributed by atoms with van der Waals surface area (Å²) in [6.07, 6.45) is -2.92. The highest BCUT2D eigenvalue weighted by molar-refractivity contribution is 9.10. The molecule has 0 fully saturated rings. The summed E-state index contributed by atoms with van der Waals surface area (Å²) < 4.78 is 62.4. The van der Waals surface area contributed by atoms with Crippen LogP contribution in [0.25, 0.3) is 0 Å². The molecule has 2 atom stereocenters. The van der Waals surface area contributed by atoms with Crippen molar-refractivity contribution < 1.29 is 32.1 Å². The van der Waals surface area contributed by atoms with E-state index in [9.17, 15) is 22.8 Å². The van der Waals surface area contributed by atoms with Gasteiger partial charge in [0.05, 0.1) is 30.9 Å². The SMILES string of the molecule is NC(CO)(CCc1ccc(OCCCc2ccc(Br)cc2)c(C(F)(F)F)c1)CO[PH2]=O. The molecule has 0 saturated heterocycles. The summed E-state index contributed by atoms with van der Waals surface area (Å²) in [4.78, 5) is 0. The number of nitrogens with two attached hydrogens (primary N) is 1. The number of aliphatic hydroxyl groups excluding tert-OH is 1. The molecule has 172 valence electrons. The fraction of sp³-hybridized carbons (Fsp3) is 0.429. The summed E-state index contributed by atoms with van der Waals surface area (Å²) in [6.45, 7) is -0.407. The maximum atomic E-state index is 13.5. The molecule has 2 rings (SSSR count). The first-order valence-electron chi connectivity index (χ1n) is 9.69. The Morgan fingerprint density at radius 2 is 1.74 bits per heavy atom. The van der Waals surface area contributed by atoms with Crippen LogP contribution in [-0.2, 0) is 28.1 Å². The van der Waals surface area contributed by atoms with E-state index >= 15 is 0 Å². The molecule has 5 nitrogen and oxygen atoms in total. The van der Waals surface area contributed by atoms with E-state index in [-0.39, 0.29) is 31.8 Å². The maximum absolute atomic E-state index is 13.5. The molecule has 10 heteroatoms. The third-order valence-corrected chi connectivity index (χ3v) is 5.63. The van der Waals surface area contributed by atoms with Gasteiger partial charge in [-0.05, 0) is 61.1 Å². The number of hydrogen-bond donors (Lipinski definition) is 2. The number of aliphatic hydroxyl groups is 1. The van der Waals surface area contributed by atoms with Gasteiger partial charge in [-0.15, -0.1) is 0 Å². The van der Waals surface area contributed by atoms with Crippen LogP contribution in [0.1, 0.15) is 29.5 Å². The summed E-state index contributed by atoms with van der Waals surface area (Å²) in [6, 6.07) is 11.6.